The first-order chi connectivity index (χ1) is 19.7. The van der Waals surface area contributed by atoms with E-state index in [1.807, 2.05) is 24.3 Å². The van der Waals surface area contributed by atoms with Crippen molar-refractivity contribution in [2.75, 3.05) is 0 Å². The Morgan fingerprint density at radius 2 is 1.32 bits per heavy atom. The molecule has 0 aliphatic rings. The van der Waals surface area contributed by atoms with E-state index in [0.29, 0.717) is 12.2 Å². The molecule has 0 aliphatic heterocycles. The SMILES string of the molecule is CCCCCCCCCC(=O)Oc1ccc(-c2cn3cc(-c4ccc(CCCCCCCC)cc4)nc3s2)cc1. The van der Waals surface area contributed by atoms with Crippen molar-refractivity contribution < 1.29 is 9.53 Å². The number of rotatable bonds is 18. The molecule has 0 N–H and O–H groups in total. The van der Waals surface area contributed by atoms with E-state index in [4.69, 9.17) is 9.72 Å². The first kappa shape index (κ1) is 30.0. The van der Waals surface area contributed by atoms with Crippen molar-refractivity contribution in [3.8, 4) is 27.4 Å². The van der Waals surface area contributed by atoms with Crippen molar-refractivity contribution in [2.45, 2.75) is 110 Å². The van der Waals surface area contributed by atoms with E-state index in [1.54, 1.807) is 11.3 Å². The molecule has 40 heavy (non-hydrogen) atoms. The van der Waals surface area contributed by atoms with Gasteiger partial charge in [0.25, 0.3) is 0 Å². The lowest BCUT2D eigenvalue weighted by atomic mass is 10.0. The average Bonchev–Trinajstić information content (AvgIpc) is 3.55. The number of carbonyl (C=O) groups excluding carboxylic acids is 1. The Morgan fingerprint density at radius 3 is 1.98 bits per heavy atom. The molecular weight excluding hydrogens is 512 g/mol. The third-order valence-corrected chi connectivity index (χ3v) is 8.63. The second kappa shape index (κ2) is 16.4. The fraction of sp³-hybridized carbons (Fsp3) is 0.486. The topological polar surface area (TPSA) is 43.6 Å². The fourth-order valence-corrected chi connectivity index (χ4v) is 6.09. The van der Waals surface area contributed by atoms with Crippen molar-refractivity contribution in [2.24, 2.45) is 0 Å². The summed E-state index contributed by atoms with van der Waals surface area (Å²) in [6.07, 6.45) is 22.2. The van der Waals surface area contributed by atoms with Crippen LogP contribution in [0, 0.1) is 0 Å². The van der Waals surface area contributed by atoms with Gasteiger partial charge in [0, 0.05) is 24.4 Å². The van der Waals surface area contributed by atoms with Gasteiger partial charge in [-0.2, -0.15) is 0 Å². The zero-order chi connectivity index (χ0) is 28.0. The van der Waals surface area contributed by atoms with Gasteiger partial charge in [-0.15, -0.1) is 0 Å². The summed E-state index contributed by atoms with van der Waals surface area (Å²) in [4.78, 5) is 19.2. The van der Waals surface area contributed by atoms with Crippen LogP contribution in [0.15, 0.2) is 60.9 Å². The Bertz CT molecular complexity index is 1260. The lowest BCUT2D eigenvalue weighted by Gasteiger charge is -2.05. The summed E-state index contributed by atoms with van der Waals surface area (Å²) >= 11 is 1.67. The van der Waals surface area contributed by atoms with Gasteiger partial charge in [-0.1, -0.05) is 120 Å². The molecule has 0 spiro atoms. The molecule has 4 nitrogen and oxygen atoms in total. The maximum Gasteiger partial charge on any atom is 0.311 e. The number of aryl methyl sites for hydroxylation is 1. The van der Waals surface area contributed by atoms with Crippen LogP contribution in [0.1, 0.15) is 109 Å². The van der Waals surface area contributed by atoms with Crippen molar-refractivity contribution in [1.29, 1.82) is 0 Å². The van der Waals surface area contributed by atoms with Crippen molar-refractivity contribution in [3.63, 3.8) is 0 Å². The molecule has 214 valence electrons. The summed E-state index contributed by atoms with van der Waals surface area (Å²) in [6, 6.07) is 16.7. The smallest absolute Gasteiger partial charge is 0.311 e. The number of esters is 1. The van der Waals surface area contributed by atoms with Crippen LogP contribution in [0.2, 0.25) is 0 Å². The Morgan fingerprint density at radius 1 is 0.725 bits per heavy atom. The molecule has 0 bridgehead atoms. The highest BCUT2D eigenvalue weighted by atomic mass is 32.1. The van der Waals surface area contributed by atoms with E-state index < -0.39 is 0 Å². The molecule has 0 fully saturated rings. The molecular formula is C35H46N2O2S. The third kappa shape index (κ3) is 9.33. The number of carbonyl (C=O) groups is 1. The minimum Gasteiger partial charge on any atom is -0.427 e. The molecule has 0 unspecified atom stereocenters. The van der Waals surface area contributed by atoms with Gasteiger partial charge in [-0.25, -0.2) is 4.98 Å². The Kier molecular flexibility index (Phi) is 12.3. The number of hydrogen-bond donors (Lipinski definition) is 0. The quantitative estimate of drug-likeness (QED) is 0.0693. The van der Waals surface area contributed by atoms with Gasteiger partial charge in [-0.05, 0) is 54.7 Å². The van der Waals surface area contributed by atoms with E-state index in [2.05, 4.69) is 54.9 Å². The maximum atomic E-state index is 12.2. The van der Waals surface area contributed by atoms with Gasteiger partial charge in [0.15, 0.2) is 4.96 Å². The van der Waals surface area contributed by atoms with Crippen LogP contribution >= 0.6 is 11.3 Å². The Labute approximate surface area is 244 Å². The van der Waals surface area contributed by atoms with Gasteiger partial charge < -0.3 is 4.74 Å². The van der Waals surface area contributed by atoms with Crippen molar-refractivity contribution in [3.05, 3.63) is 66.5 Å². The second-order valence-corrected chi connectivity index (χ2v) is 12.0. The standard InChI is InChI=1S/C35H46N2O2S/c1-3-5-7-9-11-13-15-17-34(38)39-31-24-22-30(23-25-31)33-27-37-26-32(36-35(37)40-33)29-20-18-28(19-21-29)16-14-12-10-8-6-4-2/h18-27H,3-17H2,1-2H3. The van der Waals surface area contributed by atoms with Crippen molar-refractivity contribution in [1.82, 2.24) is 9.38 Å². The van der Waals surface area contributed by atoms with E-state index in [1.165, 1.54) is 76.2 Å². The predicted molar refractivity (Wildman–Crippen MR) is 169 cm³/mol. The fourth-order valence-electron chi connectivity index (χ4n) is 5.12. The molecule has 5 heteroatoms. The minimum atomic E-state index is -0.140. The molecule has 0 radical (unpaired) electrons. The first-order valence-electron chi connectivity index (χ1n) is 15.5. The van der Waals surface area contributed by atoms with Crippen LogP contribution in [0.5, 0.6) is 5.75 Å². The number of fused-ring (bicyclic) bond motifs is 1. The molecule has 2 heterocycles. The number of thiazole rings is 1. The molecule has 2 aromatic carbocycles. The second-order valence-electron chi connectivity index (χ2n) is 11.0. The van der Waals surface area contributed by atoms with Gasteiger partial charge in [0.05, 0.1) is 10.6 Å². The highest BCUT2D eigenvalue weighted by molar-refractivity contribution is 7.20. The number of unbranched alkanes of at least 4 members (excludes halogenated alkanes) is 11. The molecule has 0 aliphatic carbocycles. The number of nitrogens with zero attached hydrogens (tertiary/aromatic N) is 2. The van der Waals surface area contributed by atoms with E-state index >= 15 is 0 Å². The number of imidazole rings is 1. The zero-order valence-electron chi connectivity index (χ0n) is 24.5. The number of aromatic nitrogens is 2. The number of ether oxygens (including phenoxy) is 1. The minimum absolute atomic E-state index is 0.140. The summed E-state index contributed by atoms with van der Waals surface area (Å²) in [5.41, 5.74) is 4.68. The van der Waals surface area contributed by atoms with E-state index in [-0.39, 0.29) is 5.97 Å². The van der Waals surface area contributed by atoms with Crippen LogP contribution in [0.4, 0.5) is 0 Å². The molecule has 0 atom stereocenters. The molecule has 4 rings (SSSR count). The highest BCUT2D eigenvalue weighted by Gasteiger charge is 2.11. The summed E-state index contributed by atoms with van der Waals surface area (Å²) in [5, 5.41) is 0. The van der Waals surface area contributed by atoms with Crippen LogP contribution in [-0.2, 0) is 11.2 Å². The summed E-state index contributed by atoms with van der Waals surface area (Å²) in [7, 11) is 0. The molecule has 0 amide bonds. The normalized spacial score (nSPS) is 11.3. The van der Waals surface area contributed by atoms with Gasteiger partial charge >= 0.3 is 5.97 Å². The van der Waals surface area contributed by atoms with Crippen LogP contribution in [-0.4, -0.2) is 15.4 Å². The van der Waals surface area contributed by atoms with Crippen molar-refractivity contribution >= 4 is 22.3 Å². The van der Waals surface area contributed by atoms with Crippen LogP contribution in [0.25, 0.3) is 26.7 Å². The lowest BCUT2D eigenvalue weighted by molar-refractivity contribution is -0.134. The first-order valence-corrected chi connectivity index (χ1v) is 16.4. The monoisotopic (exact) mass is 558 g/mol. The zero-order valence-corrected chi connectivity index (χ0v) is 25.3. The molecule has 2 aromatic heterocycles. The lowest BCUT2D eigenvalue weighted by Crippen LogP contribution is -2.07. The largest absolute Gasteiger partial charge is 0.427 e. The third-order valence-electron chi connectivity index (χ3n) is 7.58. The molecule has 4 aromatic rings. The van der Waals surface area contributed by atoms with Gasteiger partial charge in [0.2, 0.25) is 0 Å². The Balaban J connectivity index is 1.24. The van der Waals surface area contributed by atoms with E-state index in [0.717, 1.165) is 45.9 Å². The summed E-state index contributed by atoms with van der Waals surface area (Å²) < 4.78 is 7.66. The van der Waals surface area contributed by atoms with Gasteiger partial charge in [0.1, 0.15) is 5.75 Å². The number of hydrogen-bond acceptors (Lipinski definition) is 4. The Hall–Kier alpha value is -2.92. The maximum absolute atomic E-state index is 12.2. The highest BCUT2D eigenvalue weighted by Crippen LogP contribution is 2.32. The number of benzene rings is 2. The summed E-state index contributed by atoms with van der Waals surface area (Å²) in [6.45, 7) is 4.50. The average molecular weight is 559 g/mol. The van der Waals surface area contributed by atoms with Crippen LogP contribution < -0.4 is 4.74 Å². The van der Waals surface area contributed by atoms with Crippen LogP contribution in [0.3, 0.4) is 0 Å². The summed E-state index contributed by atoms with van der Waals surface area (Å²) in [5.74, 6) is 0.471. The molecule has 0 saturated carbocycles. The van der Waals surface area contributed by atoms with E-state index in [9.17, 15) is 4.79 Å². The predicted octanol–water partition coefficient (Wildman–Crippen LogP) is 10.7. The van der Waals surface area contributed by atoms with Gasteiger partial charge in [-0.3, -0.25) is 9.20 Å². The molecule has 0 saturated heterocycles.